The van der Waals surface area contributed by atoms with Crippen LogP contribution in [-0.2, 0) is 6.00 Å². The van der Waals surface area contributed by atoms with Crippen LogP contribution in [0.3, 0.4) is 0 Å². The molecule has 0 aliphatic carbocycles. The summed E-state index contributed by atoms with van der Waals surface area (Å²) in [4.78, 5) is 11.7. The standard InChI is InChI=1S/C8H5BrClN3O/c9-5-1-2-7-6(3-5)8(14)13(4-10)12-11-7/h1-3H,4H2. The zero-order valence-electron chi connectivity index (χ0n) is 6.94. The van der Waals surface area contributed by atoms with Gasteiger partial charge in [0.15, 0.2) is 0 Å². The number of hydrogen-bond donors (Lipinski definition) is 0. The van der Waals surface area contributed by atoms with Crippen LogP contribution < -0.4 is 5.56 Å². The molecular weight excluding hydrogens is 269 g/mol. The maximum absolute atomic E-state index is 11.7. The molecule has 0 saturated heterocycles. The molecule has 1 aromatic heterocycles. The van der Waals surface area contributed by atoms with Crippen LogP contribution in [0.25, 0.3) is 10.9 Å². The maximum atomic E-state index is 11.7. The molecule has 4 nitrogen and oxygen atoms in total. The highest BCUT2D eigenvalue weighted by Crippen LogP contribution is 2.14. The predicted octanol–water partition coefficient (Wildman–Crippen LogP) is 1.75. The van der Waals surface area contributed by atoms with E-state index in [0.29, 0.717) is 10.9 Å². The van der Waals surface area contributed by atoms with Crippen LogP contribution in [0.1, 0.15) is 0 Å². The fraction of sp³-hybridized carbons (Fsp3) is 0.125. The fourth-order valence-corrected chi connectivity index (χ4v) is 1.64. The van der Waals surface area contributed by atoms with Gasteiger partial charge >= 0.3 is 0 Å². The normalized spacial score (nSPS) is 10.7. The van der Waals surface area contributed by atoms with Gasteiger partial charge in [-0.2, -0.15) is 4.68 Å². The van der Waals surface area contributed by atoms with Gasteiger partial charge in [0.1, 0.15) is 11.5 Å². The van der Waals surface area contributed by atoms with Crippen molar-refractivity contribution in [1.82, 2.24) is 15.0 Å². The number of halogens is 2. The summed E-state index contributed by atoms with van der Waals surface area (Å²) in [6.07, 6.45) is 0. The monoisotopic (exact) mass is 273 g/mol. The summed E-state index contributed by atoms with van der Waals surface area (Å²) < 4.78 is 1.94. The second-order valence-corrected chi connectivity index (χ2v) is 3.83. The Morgan fingerprint density at radius 2 is 2.29 bits per heavy atom. The molecule has 0 fully saturated rings. The number of rotatable bonds is 1. The van der Waals surface area contributed by atoms with E-state index >= 15 is 0 Å². The van der Waals surface area contributed by atoms with E-state index in [2.05, 4.69) is 26.2 Å². The van der Waals surface area contributed by atoms with Crippen molar-refractivity contribution in [1.29, 1.82) is 0 Å². The van der Waals surface area contributed by atoms with Gasteiger partial charge in [0.05, 0.1) is 5.39 Å². The molecule has 1 heterocycles. The van der Waals surface area contributed by atoms with Crippen molar-refractivity contribution < 1.29 is 0 Å². The first-order valence-corrected chi connectivity index (χ1v) is 5.14. The van der Waals surface area contributed by atoms with Gasteiger partial charge in [-0.25, -0.2) is 0 Å². The summed E-state index contributed by atoms with van der Waals surface area (Å²) in [5.41, 5.74) is 0.339. The Bertz CT molecular complexity index is 540. The molecule has 0 amide bonds. The first kappa shape index (κ1) is 9.61. The van der Waals surface area contributed by atoms with E-state index in [0.717, 1.165) is 9.15 Å². The first-order valence-electron chi connectivity index (χ1n) is 3.81. The molecular formula is C8H5BrClN3O. The van der Waals surface area contributed by atoms with Gasteiger partial charge in [-0.15, -0.1) is 16.7 Å². The largest absolute Gasteiger partial charge is 0.278 e. The van der Waals surface area contributed by atoms with Gasteiger partial charge in [-0.05, 0) is 18.2 Å². The van der Waals surface area contributed by atoms with E-state index in [-0.39, 0.29) is 11.6 Å². The Morgan fingerprint density at radius 1 is 1.50 bits per heavy atom. The third-order valence-electron chi connectivity index (χ3n) is 1.80. The summed E-state index contributed by atoms with van der Waals surface area (Å²) in [5.74, 6) is 0. The Kier molecular flexibility index (Phi) is 2.52. The third kappa shape index (κ3) is 1.53. The Morgan fingerprint density at radius 3 is 3.00 bits per heavy atom. The molecule has 72 valence electrons. The molecule has 0 atom stereocenters. The lowest BCUT2D eigenvalue weighted by atomic mass is 10.2. The average Bonchev–Trinajstić information content (AvgIpc) is 2.20. The fourth-order valence-electron chi connectivity index (χ4n) is 1.13. The second-order valence-electron chi connectivity index (χ2n) is 2.68. The molecule has 0 spiro atoms. The molecule has 0 N–H and O–H groups in total. The van der Waals surface area contributed by atoms with E-state index < -0.39 is 0 Å². The van der Waals surface area contributed by atoms with Crippen molar-refractivity contribution >= 4 is 38.4 Å². The quantitative estimate of drug-likeness (QED) is 0.744. The summed E-state index contributed by atoms with van der Waals surface area (Å²) in [6, 6.07) is 5.25. The van der Waals surface area contributed by atoms with E-state index in [1.54, 1.807) is 12.1 Å². The van der Waals surface area contributed by atoms with Gasteiger partial charge in [0.25, 0.3) is 5.56 Å². The number of alkyl halides is 1. The zero-order chi connectivity index (χ0) is 10.1. The topological polar surface area (TPSA) is 47.8 Å². The molecule has 2 aromatic rings. The van der Waals surface area contributed by atoms with Crippen LogP contribution in [0, 0.1) is 0 Å². The molecule has 0 aliphatic rings. The number of fused-ring (bicyclic) bond motifs is 1. The number of benzene rings is 1. The highest BCUT2D eigenvalue weighted by molar-refractivity contribution is 9.10. The van der Waals surface area contributed by atoms with Crippen LogP contribution in [0.2, 0.25) is 0 Å². The van der Waals surface area contributed by atoms with Crippen LogP contribution in [0.4, 0.5) is 0 Å². The predicted molar refractivity (Wildman–Crippen MR) is 57.4 cm³/mol. The second kappa shape index (κ2) is 3.67. The smallest absolute Gasteiger partial charge is 0.267 e. The molecule has 1 aromatic carbocycles. The number of nitrogens with zero attached hydrogens (tertiary/aromatic N) is 3. The highest BCUT2D eigenvalue weighted by Gasteiger charge is 2.04. The molecule has 0 radical (unpaired) electrons. The van der Waals surface area contributed by atoms with E-state index in [1.165, 1.54) is 0 Å². The molecule has 0 aliphatic heterocycles. The SMILES string of the molecule is O=c1c2cc(Br)ccc2nnn1CCl. The lowest BCUT2D eigenvalue weighted by Gasteiger charge is -2.00. The summed E-state index contributed by atoms with van der Waals surface area (Å²) in [5, 5.41) is 8.03. The van der Waals surface area contributed by atoms with E-state index in [1.807, 2.05) is 6.07 Å². The van der Waals surface area contributed by atoms with E-state index in [9.17, 15) is 4.79 Å². The summed E-state index contributed by atoms with van der Waals surface area (Å²) in [7, 11) is 0. The highest BCUT2D eigenvalue weighted by atomic mass is 79.9. The third-order valence-corrected chi connectivity index (χ3v) is 2.52. The lowest BCUT2D eigenvalue weighted by Crippen LogP contribution is -2.22. The molecule has 0 unspecified atom stereocenters. The van der Waals surface area contributed by atoms with Crippen molar-refractivity contribution in [3.05, 3.63) is 33.0 Å². The van der Waals surface area contributed by atoms with Crippen molar-refractivity contribution in [3.8, 4) is 0 Å². The van der Waals surface area contributed by atoms with Crippen LogP contribution >= 0.6 is 27.5 Å². The molecule has 0 bridgehead atoms. The summed E-state index contributed by atoms with van der Waals surface area (Å²) >= 11 is 8.80. The Labute approximate surface area is 92.6 Å². The Balaban J connectivity index is 2.87. The maximum Gasteiger partial charge on any atom is 0.278 e. The van der Waals surface area contributed by atoms with Crippen molar-refractivity contribution in [2.75, 3.05) is 0 Å². The van der Waals surface area contributed by atoms with Crippen LogP contribution in [-0.4, -0.2) is 15.0 Å². The van der Waals surface area contributed by atoms with Crippen molar-refractivity contribution in [2.45, 2.75) is 6.00 Å². The van der Waals surface area contributed by atoms with Gasteiger partial charge in [-0.1, -0.05) is 21.1 Å². The number of hydrogen-bond acceptors (Lipinski definition) is 3. The average molecular weight is 275 g/mol. The van der Waals surface area contributed by atoms with Gasteiger partial charge in [0.2, 0.25) is 0 Å². The minimum absolute atomic E-state index is 0.00822. The van der Waals surface area contributed by atoms with Crippen molar-refractivity contribution in [2.24, 2.45) is 0 Å². The van der Waals surface area contributed by atoms with Gasteiger partial charge < -0.3 is 0 Å². The van der Waals surface area contributed by atoms with E-state index in [4.69, 9.17) is 11.6 Å². The minimum Gasteiger partial charge on any atom is -0.267 e. The van der Waals surface area contributed by atoms with Crippen LogP contribution in [0.15, 0.2) is 27.5 Å². The Hall–Kier alpha value is -0.940. The lowest BCUT2D eigenvalue weighted by molar-refractivity contribution is 0.640. The molecule has 6 heteroatoms. The molecule has 14 heavy (non-hydrogen) atoms. The minimum atomic E-state index is -0.230. The summed E-state index contributed by atoms with van der Waals surface area (Å²) in [6.45, 7) is 0. The molecule has 0 saturated carbocycles. The molecule has 2 rings (SSSR count). The first-order chi connectivity index (χ1) is 6.72. The van der Waals surface area contributed by atoms with Gasteiger partial charge in [-0.3, -0.25) is 4.79 Å². The van der Waals surface area contributed by atoms with Crippen LogP contribution in [0.5, 0.6) is 0 Å². The zero-order valence-corrected chi connectivity index (χ0v) is 9.29. The van der Waals surface area contributed by atoms with Crippen molar-refractivity contribution in [3.63, 3.8) is 0 Å². The van der Waals surface area contributed by atoms with Gasteiger partial charge in [0, 0.05) is 4.47 Å². The number of aromatic nitrogens is 3.